The van der Waals surface area contributed by atoms with E-state index in [2.05, 4.69) is 63.2 Å². The minimum atomic E-state index is 0. The minimum Gasteiger partial charge on any atom is -0.512 e. The molecule has 2 aromatic heterocycles. The number of fused-ring (bicyclic) bond motifs is 4. The fraction of sp³-hybridized carbons (Fsp3) is 0.333. The first-order valence-electron chi connectivity index (χ1n) is 14.2. The maximum atomic E-state index is 11.2. The van der Waals surface area contributed by atoms with Crippen LogP contribution in [0.25, 0.3) is 44.0 Å². The van der Waals surface area contributed by atoms with Crippen molar-refractivity contribution < 1.29 is 34.4 Å². The second-order valence-corrected chi connectivity index (χ2v) is 11.8. The molecule has 0 spiro atoms. The number of ketones is 1. The van der Waals surface area contributed by atoms with E-state index in [1.165, 1.54) is 17.0 Å². The number of hydrogen-bond acceptors (Lipinski definition) is 4. The van der Waals surface area contributed by atoms with E-state index in [4.69, 9.17) is 9.40 Å². The number of carbonyl (C=O) groups is 1. The number of rotatable bonds is 7. The van der Waals surface area contributed by atoms with Crippen LogP contribution in [0.2, 0.25) is 0 Å². The average Bonchev–Trinajstić information content (AvgIpc) is 3.25. The van der Waals surface area contributed by atoms with Gasteiger partial charge < -0.3 is 14.5 Å². The fourth-order valence-corrected chi connectivity index (χ4v) is 4.95. The molecule has 0 amide bonds. The Kier molecular flexibility index (Phi) is 11.1. The van der Waals surface area contributed by atoms with Crippen molar-refractivity contribution in [3.05, 3.63) is 89.8 Å². The third kappa shape index (κ3) is 7.93. The SMILES string of the molecule is CC(C)CC(=O)/C=C(\O)CC(C)C.Cc1[c-]c(-c2nccc3cc(C(C)C)ccc23)c2oc3ccccc3c2c1.[Ir]. The molecule has 5 rings (SSSR count). The smallest absolute Gasteiger partial charge is 0.159 e. The van der Waals surface area contributed by atoms with Gasteiger partial charge in [0, 0.05) is 50.6 Å². The van der Waals surface area contributed by atoms with Gasteiger partial charge in [-0.05, 0) is 51.9 Å². The molecule has 0 atom stereocenters. The zero-order valence-electron chi connectivity index (χ0n) is 25.0. The second-order valence-electron chi connectivity index (χ2n) is 11.8. The van der Waals surface area contributed by atoms with Crippen molar-refractivity contribution in [3.63, 3.8) is 0 Å². The van der Waals surface area contributed by atoms with Crippen LogP contribution in [0, 0.1) is 24.8 Å². The number of aryl methyl sites for hydroxylation is 1. The molecule has 2 heterocycles. The Morgan fingerprint density at radius 1 is 0.927 bits per heavy atom. The molecule has 4 nitrogen and oxygen atoms in total. The summed E-state index contributed by atoms with van der Waals surface area (Å²) in [6.07, 6.45) is 4.35. The fourth-order valence-electron chi connectivity index (χ4n) is 4.95. The molecule has 0 unspecified atom stereocenters. The molecule has 0 aliphatic heterocycles. The Labute approximate surface area is 257 Å². The third-order valence-electron chi connectivity index (χ3n) is 6.79. The van der Waals surface area contributed by atoms with Gasteiger partial charge in [-0.15, -0.1) is 17.7 Å². The van der Waals surface area contributed by atoms with E-state index in [0.717, 1.165) is 44.1 Å². The van der Waals surface area contributed by atoms with Crippen molar-refractivity contribution in [2.75, 3.05) is 0 Å². The monoisotopic (exact) mass is 727 g/mol. The van der Waals surface area contributed by atoms with Crippen molar-refractivity contribution in [2.24, 2.45) is 11.8 Å². The molecular weight excluding hydrogens is 687 g/mol. The van der Waals surface area contributed by atoms with Crippen LogP contribution in [0.3, 0.4) is 0 Å². The number of pyridine rings is 1. The molecule has 5 heteroatoms. The molecular formula is C36H40IrNO3-. The summed E-state index contributed by atoms with van der Waals surface area (Å²) in [5, 5.41) is 13.9. The predicted molar refractivity (Wildman–Crippen MR) is 167 cm³/mol. The standard InChI is InChI=1S/C25H20NO.C11H20O2.Ir/c1-15(2)17-8-9-19-18(14-17)10-11-26-24(19)22-13-16(3)12-21-20-6-4-5-7-23(20)27-25(21)22;1-8(2)5-10(12)7-11(13)6-9(3)4;/h4-12,14-15H,1-3H3;7-9,12H,5-6H2,1-4H3;/q-1;;/b;10-7-;. The molecule has 0 saturated carbocycles. The summed E-state index contributed by atoms with van der Waals surface area (Å²) >= 11 is 0. The minimum absolute atomic E-state index is 0. The van der Waals surface area contributed by atoms with E-state index in [1.54, 1.807) is 0 Å². The van der Waals surface area contributed by atoms with Crippen molar-refractivity contribution in [1.82, 2.24) is 4.98 Å². The summed E-state index contributed by atoms with van der Waals surface area (Å²) in [6, 6.07) is 22.5. The first-order valence-corrected chi connectivity index (χ1v) is 14.2. The second kappa shape index (κ2) is 14.1. The Hall–Kier alpha value is -3.27. The number of carbonyl (C=O) groups excluding carboxylic acids is 1. The van der Waals surface area contributed by atoms with E-state index < -0.39 is 0 Å². The maximum absolute atomic E-state index is 11.2. The molecule has 0 aliphatic carbocycles. The topological polar surface area (TPSA) is 63.3 Å². The molecule has 1 radical (unpaired) electrons. The van der Waals surface area contributed by atoms with Crippen LogP contribution in [-0.4, -0.2) is 15.9 Å². The van der Waals surface area contributed by atoms with Crippen molar-refractivity contribution in [1.29, 1.82) is 0 Å². The Morgan fingerprint density at radius 3 is 2.32 bits per heavy atom. The molecule has 3 aromatic carbocycles. The molecule has 217 valence electrons. The van der Waals surface area contributed by atoms with Gasteiger partial charge in [0.2, 0.25) is 0 Å². The van der Waals surface area contributed by atoms with E-state index in [9.17, 15) is 9.90 Å². The zero-order chi connectivity index (χ0) is 29.0. The van der Waals surface area contributed by atoms with Gasteiger partial charge in [-0.1, -0.05) is 95.8 Å². The quantitative estimate of drug-likeness (QED) is 0.103. The van der Waals surface area contributed by atoms with Gasteiger partial charge in [0.25, 0.3) is 0 Å². The van der Waals surface area contributed by atoms with Gasteiger partial charge in [0.1, 0.15) is 5.58 Å². The van der Waals surface area contributed by atoms with Crippen LogP contribution in [0.1, 0.15) is 71.4 Å². The number of aliphatic hydroxyl groups is 1. The predicted octanol–water partition coefficient (Wildman–Crippen LogP) is 10.1. The van der Waals surface area contributed by atoms with Crippen LogP contribution in [0.5, 0.6) is 0 Å². The summed E-state index contributed by atoms with van der Waals surface area (Å²) in [5.74, 6) is 1.48. The first-order chi connectivity index (χ1) is 19.0. The summed E-state index contributed by atoms with van der Waals surface area (Å²) in [7, 11) is 0. The number of aromatic nitrogens is 1. The Balaban J connectivity index is 0.000000284. The van der Waals surface area contributed by atoms with Crippen LogP contribution in [0.15, 0.2) is 77.0 Å². The number of furan rings is 1. The molecule has 0 aliphatic rings. The molecule has 1 N–H and O–H groups in total. The average molecular weight is 727 g/mol. The van der Waals surface area contributed by atoms with Crippen LogP contribution >= 0.6 is 0 Å². The van der Waals surface area contributed by atoms with Crippen LogP contribution < -0.4 is 0 Å². The number of benzene rings is 3. The maximum Gasteiger partial charge on any atom is 0.159 e. The summed E-state index contributed by atoms with van der Waals surface area (Å²) in [5.41, 5.74) is 6.04. The summed E-state index contributed by atoms with van der Waals surface area (Å²) < 4.78 is 6.23. The van der Waals surface area contributed by atoms with E-state index in [0.29, 0.717) is 30.6 Å². The molecule has 5 aromatic rings. The van der Waals surface area contributed by atoms with E-state index >= 15 is 0 Å². The number of nitrogens with zero attached hydrogens (tertiary/aromatic N) is 1. The molecule has 41 heavy (non-hydrogen) atoms. The van der Waals surface area contributed by atoms with Crippen LogP contribution in [-0.2, 0) is 24.9 Å². The third-order valence-corrected chi connectivity index (χ3v) is 6.79. The van der Waals surface area contributed by atoms with E-state index in [1.807, 2.05) is 52.1 Å². The molecule has 0 fully saturated rings. The van der Waals surface area contributed by atoms with E-state index in [-0.39, 0.29) is 31.6 Å². The van der Waals surface area contributed by atoms with Gasteiger partial charge in [0.05, 0.1) is 11.3 Å². The Bertz CT molecular complexity index is 1680. The number of hydrogen-bond donors (Lipinski definition) is 1. The van der Waals surface area contributed by atoms with Gasteiger partial charge >= 0.3 is 0 Å². The van der Waals surface area contributed by atoms with Gasteiger partial charge in [-0.2, -0.15) is 0 Å². The number of aliphatic hydroxyl groups excluding tert-OH is 1. The normalized spacial score (nSPS) is 11.8. The zero-order valence-corrected chi connectivity index (χ0v) is 27.4. The molecule has 0 saturated heterocycles. The van der Waals surface area contributed by atoms with Crippen molar-refractivity contribution in [3.8, 4) is 11.3 Å². The number of para-hydroxylation sites is 1. The van der Waals surface area contributed by atoms with Gasteiger partial charge in [-0.25, -0.2) is 0 Å². The van der Waals surface area contributed by atoms with Crippen molar-refractivity contribution >= 4 is 38.5 Å². The van der Waals surface area contributed by atoms with Crippen molar-refractivity contribution in [2.45, 2.75) is 67.2 Å². The van der Waals surface area contributed by atoms with Gasteiger partial charge in [0.15, 0.2) is 5.78 Å². The van der Waals surface area contributed by atoms with Gasteiger partial charge in [-0.3, -0.25) is 4.79 Å². The first kappa shape index (κ1) is 32.2. The summed E-state index contributed by atoms with van der Waals surface area (Å²) in [6.45, 7) is 14.5. The molecule has 0 bridgehead atoms. The Morgan fingerprint density at radius 2 is 1.63 bits per heavy atom. The summed E-state index contributed by atoms with van der Waals surface area (Å²) in [4.78, 5) is 15.9. The number of allylic oxidation sites excluding steroid dienone is 2. The van der Waals surface area contributed by atoms with Crippen LogP contribution in [0.4, 0.5) is 0 Å². The largest absolute Gasteiger partial charge is 0.512 e.